The molecule has 1 aliphatic carbocycles. The summed E-state index contributed by atoms with van der Waals surface area (Å²) >= 11 is 0. The molecular weight excluding hydrogens is 248 g/mol. The van der Waals surface area contributed by atoms with Crippen LogP contribution in [0.3, 0.4) is 0 Å². The molecule has 3 heteroatoms. The number of ether oxygens (including phenoxy) is 1. The predicted molar refractivity (Wildman–Crippen MR) is 83.8 cm³/mol. The van der Waals surface area contributed by atoms with Crippen molar-refractivity contribution in [3.63, 3.8) is 0 Å². The Bertz CT molecular complexity index is 632. The van der Waals surface area contributed by atoms with Crippen molar-refractivity contribution in [3.05, 3.63) is 29.5 Å². The van der Waals surface area contributed by atoms with Crippen molar-refractivity contribution < 1.29 is 4.74 Å². The molecule has 106 valence electrons. The van der Waals surface area contributed by atoms with E-state index in [4.69, 9.17) is 9.72 Å². The van der Waals surface area contributed by atoms with E-state index < -0.39 is 0 Å². The van der Waals surface area contributed by atoms with E-state index in [-0.39, 0.29) is 0 Å². The Balaban J connectivity index is 2.16. The van der Waals surface area contributed by atoms with Crippen molar-refractivity contribution in [2.45, 2.75) is 39.0 Å². The van der Waals surface area contributed by atoms with Crippen molar-refractivity contribution in [1.29, 1.82) is 0 Å². The highest BCUT2D eigenvalue weighted by Crippen LogP contribution is 2.42. The van der Waals surface area contributed by atoms with Gasteiger partial charge in [-0.15, -0.1) is 0 Å². The van der Waals surface area contributed by atoms with Gasteiger partial charge < -0.3 is 10.1 Å². The van der Waals surface area contributed by atoms with Gasteiger partial charge in [0.15, 0.2) is 0 Å². The van der Waals surface area contributed by atoms with Gasteiger partial charge in [0.25, 0.3) is 0 Å². The quantitative estimate of drug-likeness (QED) is 0.882. The second kappa shape index (κ2) is 5.31. The Morgan fingerprint density at radius 3 is 2.75 bits per heavy atom. The molecule has 3 nitrogen and oxygen atoms in total. The van der Waals surface area contributed by atoms with Crippen molar-refractivity contribution in [2.75, 3.05) is 19.0 Å². The number of aryl methyl sites for hydroxylation is 1. The van der Waals surface area contributed by atoms with Gasteiger partial charge in [0.2, 0.25) is 0 Å². The Morgan fingerprint density at radius 1 is 1.30 bits per heavy atom. The van der Waals surface area contributed by atoms with E-state index in [0.29, 0.717) is 5.92 Å². The van der Waals surface area contributed by atoms with Gasteiger partial charge in [0, 0.05) is 29.2 Å². The molecule has 0 bridgehead atoms. The fraction of sp³-hybridized carbons (Fsp3) is 0.471. The second-order valence-corrected chi connectivity index (χ2v) is 5.64. The molecular formula is C17H22N2O. The number of aromatic nitrogens is 1. The van der Waals surface area contributed by atoms with E-state index >= 15 is 0 Å². The predicted octanol–water partition coefficient (Wildman–Crippen LogP) is 4.25. The number of rotatable bonds is 5. The first-order valence-corrected chi connectivity index (χ1v) is 7.46. The zero-order valence-corrected chi connectivity index (χ0v) is 12.5. The van der Waals surface area contributed by atoms with Gasteiger partial charge in [-0.05, 0) is 49.9 Å². The smallest absolute Gasteiger partial charge is 0.119 e. The largest absolute Gasteiger partial charge is 0.497 e. The van der Waals surface area contributed by atoms with Crippen LogP contribution in [0, 0.1) is 6.92 Å². The highest BCUT2D eigenvalue weighted by atomic mass is 16.5. The maximum atomic E-state index is 5.40. The van der Waals surface area contributed by atoms with Crippen LogP contribution >= 0.6 is 0 Å². The van der Waals surface area contributed by atoms with Crippen LogP contribution in [0.15, 0.2) is 18.2 Å². The first-order valence-electron chi connectivity index (χ1n) is 7.46. The average Bonchev–Trinajstić information content (AvgIpc) is 3.29. The van der Waals surface area contributed by atoms with Crippen LogP contribution in [0.4, 0.5) is 5.69 Å². The lowest BCUT2D eigenvalue weighted by Crippen LogP contribution is -2.03. The van der Waals surface area contributed by atoms with Crippen LogP contribution in [0.1, 0.15) is 43.4 Å². The van der Waals surface area contributed by atoms with Crippen molar-refractivity contribution in [2.24, 2.45) is 0 Å². The molecule has 1 aliphatic rings. The summed E-state index contributed by atoms with van der Waals surface area (Å²) < 4.78 is 5.40. The first-order chi connectivity index (χ1) is 9.72. The Hall–Kier alpha value is -1.77. The summed E-state index contributed by atoms with van der Waals surface area (Å²) in [6.07, 6.45) is 3.67. The van der Waals surface area contributed by atoms with Gasteiger partial charge >= 0.3 is 0 Å². The fourth-order valence-corrected chi connectivity index (χ4v) is 2.60. The van der Waals surface area contributed by atoms with Gasteiger partial charge in [-0.2, -0.15) is 0 Å². The molecule has 1 saturated carbocycles. The summed E-state index contributed by atoms with van der Waals surface area (Å²) in [7, 11) is 1.71. The third-order valence-corrected chi connectivity index (χ3v) is 3.89. The molecule has 1 aromatic carbocycles. The molecule has 1 aromatic heterocycles. The fourth-order valence-electron chi connectivity index (χ4n) is 2.60. The highest BCUT2D eigenvalue weighted by molar-refractivity contribution is 5.94. The van der Waals surface area contributed by atoms with Crippen LogP contribution in [0.25, 0.3) is 10.9 Å². The highest BCUT2D eigenvalue weighted by Gasteiger charge is 2.26. The van der Waals surface area contributed by atoms with Crippen molar-refractivity contribution in [1.82, 2.24) is 4.98 Å². The van der Waals surface area contributed by atoms with Crippen LogP contribution < -0.4 is 10.1 Å². The Morgan fingerprint density at radius 2 is 2.10 bits per heavy atom. The van der Waals surface area contributed by atoms with Gasteiger partial charge in [-0.3, -0.25) is 4.98 Å². The molecule has 0 saturated heterocycles. The molecule has 1 heterocycles. The standard InChI is InChI=1S/C17H22N2O/c1-4-7-18-16-10-15(12-5-6-12)19-17-11(2)8-13(20-3)9-14(16)17/h8-10,12H,4-7H2,1-3H3,(H,18,19). The second-order valence-electron chi connectivity index (χ2n) is 5.64. The molecule has 20 heavy (non-hydrogen) atoms. The van der Waals surface area contributed by atoms with Crippen LogP contribution in [0.5, 0.6) is 5.75 Å². The molecule has 0 spiro atoms. The number of nitrogens with zero attached hydrogens (tertiary/aromatic N) is 1. The van der Waals surface area contributed by atoms with Gasteiger partial charge in [0.1, 0.15) is 5.75 Å². The lowest BCUT2D eigenvalue weighted by Gasteiger charge is -2.14. The molecule has 3 rings (SSSR count). The number of fused-ring (bicyclic) bond motifs is 1. The summed E-state index contributed by atoms with van der Waals surface area (Å²) in [4.78, 5) is 4.89. The molecule has 0 atom stereocenters. The van der Waals surface area contributed by atoms with Crippen LogP contribution in [-0.2, 0) is 0 Å². The maximum Gasteiger partial charge on any atom is 0.119 e. The SMILES string of the molecule is CCCNc1cc(C2CC2)nc2c(C)cc(OC)cc12. The van der Waals surface area contributed by atoms with Gasteiger partial charge in [-0.25, -0.2) is 0 Å². The van der Waals surface area contributed by atoms with E-state index in [9.17, 15) is 0 Å². The zero-order chi connectivity index (χ0) is 14.1. The maximum absolute atomic E-state index is 5.40. The topological polar surface area (TPSA) is 34.2 Å². The number of hydrogen-bond acceptors (Lipinski definition) is 3. The Kier molecular flexibility index (Phi) is 3.51. The summed E-state index contributed by atoms with van der Waals surface area (Å²) in [5.41, 5.74) is 4.72. The third-order valence-electron chi connectivity index (χ3n) is 3.89. The lowest BCUT2D eigenvalue weighted by atomic mass is 10.1. The van der Waals surface area contributed by atoms with Gasteiger partial charge in [0.05, 0.1) is 12.6 Å². The van der Waals surface area contributed by atoms with Crippen molar-refractivity contribution >= 4 is 16.6 Å². The molecule has 1 N–H and O–H groups in total. The molecule has 0 aliphatic heterocycles. The molecule has 0 radical (unpaired) electrons. The molecule has 2 aromatic rings. The monoisotopic (exact) mass is 270 g/mol. The number of pyridine rings is 1. The molecule has 0 unspecified atom stereocenters. The number of nitrogens with one attached hydrogen (secondary N) is 1. The van der Waals surface area contributed by atoms with E-state index in [1.165, 1.54) is 35.2 Å². The van der Waals surface area contributed by atoms with E-state index in [2.05, 4.69) is 37.4 Å². The zero-order valence-electron chi connectivity index (χ0n) is 12.5. The van der Waals surface area contributed by atoms with E-state index in [0.717, 1.165) is 24.2 Å². The minimum absolute atomic E-state index is 0.670. The average molecular weight is 270 g/mol. The molecule has 1 fully saturated rings. The summed E-state index contributed by atoms with van der Waals surface area (Å²) in [5.74, 6) is 1.57. The Labute approximate surface area is 120 Å². The number of hydrogen-bond donors (Lipinski definition) is 1. The van der Waals surface area contributed by atoms with E-state index in [1.807, 2.05) is 0 Å². The molecule has 0 amide bonds. The third kappa shape index (κ3) is 2.45. The van der Waals surface area contributed by atoms with Crippen LogP contribution in [-0.4, -0.2) is 18.6 Å². The number of anilines is 1. The number of methoxy groups -OCH3 is 1. The minimum Gasteiger partial charge on any atom is -0.497 e. The van der Waals surface area contributed by atoms with E-state index in [1.54, 1.807) is 7.11 Å². The van der Waals surface area contributed by atoms with Crippen LogP contribution in [0.2, 0.25) is 0 Å². The summed E-state index contributed by atoms with van der Waals surface area (Å²) in [6, 6.07) is 6.38. The number of benzene rings is 1. The summed E-state index contributed by atoms with van der Waals surface area (Å²) in [6.45, 7) is 5.28. The summed E-state index contributed by atoms with van der Waals surface area (Å²) in [5, 5.41) is 4.71. The normalized spacial score (nSPS) is 14.6. The van der Waals surface area contributed by atoms with Gasteiger partial charge in [-0.1, -0.05) is 6.92 Å². The first kappa shape index (κ1) is 13.2. The minimum atomic E-state index is 0.670. The van der Waals surface area contributed by atoms with Crippen molar-refractivity contribution in [3.8, 4) is 5.75 Å². The lowest BCUT2D eigenvalue weighted by molar-refractivity contribution is 0.415.